The van der Waals surface area contributed by atoms with E-state index in [1.807, 2.05) is 0 Å². The monoisotopic (exact) mass is 260 g/mol. The first kappa shape index (κ1) is 13.1. The zero-order valence-electron chi connectivity index (χ0n) is 11.7. The molecular weight excluding hydrogens is 240 g/mol. The molecule has 2 nitrogen and oxygen atoms in total. The van der Waals surface area contributed by atoms with Crippen molar-refractivity contribution in [3.63, 3.8) is 0 Å². The second-order valence-corrected chi connectivity index (χ2v) is 6.59. The van der Waals surface area contributed by atoms with Crippen LogP contribution in [0.25, 0.3) is 11.3 Å². The highest BCUT2D eigenvalue weighted by molar-refractivity contribution is 7.10. The van der Waals surface area contributed by atoms with Crippen molar-refractivity contribution >= 4 is 17.0 Å². The molecule has 0 aliphatic carbocycles. The Labute approximate surface area is 113 Å². The number of anilines is 1. The molecule has 0 fully saturated rings. The van der Waals surface area contributed by atoms with E-state index < -0.39 is 0 Å². The Kier molecular flexibility index (Phi) is 3.44. The molecule has 0 spiro atoms. The summed E-state index contributed by atoms with van der Waals surface area (Å²) in [6, 6.07) is 8.53. The van der Waals surface area contributed by atoms with Gasteiger partial charge < -0.3 is 4.90 Å². The third-order valence-corrected chi connectivity index (χ3v) is 4.09. The lowest BCUT2D eigenvalue weighted by Gasteiger charge is -2.14. The highest BCUT2D eigenvalue weighted by Crippen LogP contribution is 2.30. The minimum Gasteiger partial charge on any atom is -0.378 e. The van der Waals surface area contributed by atoms with Gasteiger partial charge in [0.05, 0.1) is 10.7 Å². The number of thiazole rings is 1. The Bertz CT molecular complexity index is 518. The van der Waals surface area contributed by atoms with E-state index in [4.69, 9.17) is 4.98 Å². The van der Waals surface area contributed by atoms with E-state index in [9.17, 15) is 0 Å². The maximum Gasteiger partial charge on any atom is 0.0986 e. The minimum atomic E-state index is 0.131. The predicted molar refractivity (Wildman–Crippen MR) is 80.6 cm³/mol. The third kappa shape index (κ3) is 2.72. The number of aromatic nitrogens is 1. The average Bonchev–Trinajstić information content (AvgIpc) is 2.78. The van der Waals surface area contributed by atoms with Gasteiger partial charge in [-0.25, -0.2) is 4.98 Å². The first-order chi connectivity index (χ1) is 8.38. The molecule has 1 aromatic heterocycles. The summed E-state index contributed by atoms with van der Waals surface area (Å²) in [5.74, 6) is 0. The van der Waals surface area contributed by atoms with Crippen molar-refractivity contribution in [1.29, 1.82) is 0 Å². The molecule has 3 heteroatoms. The quantitative estimate of drug-likeness (QED) is 0.805. The van der Waals surface area contributed by atoms with Crippen LogP contribution in [0.5, 0.6) is 0 Å². The number of benzene rings is 1. The second kappa shape index (κ2) is 4.73. The lowest BCUT2D eigenvalue weighted by Crippen LogP contribution is -2.10. The van der Waals surface area contributed by atoms with E-state index in [0.717, 1.165) is 5.69 Å². The van der Waals surface area contributed by atoms with Crippen molar-refractivity contribution in [3.8, 4) is 11.3 Å². The number of rotatable bonds is 2. The Morgan fingerprint density at radius 1 is 1.06 bits per heavy atom. The fourth-order valence-corrected chi connectivity index (χ4v) is 2.60. The molecule has 0 aliphatic heterocycles. The lowest BCUT2D eigenvalue weighted by molar-refractivity contribution is 0.586. The van der Waals surface area contributed by atoms with Crippen LogP contribution in [-0.2, 0) is 5.41 Å². The molecule has 0 atom stereocenters. The molecule has 2 rings (SSSR count). The Balaban J connectivity index is 2.29. The Morgan fingerprint density at radius 2 is 1.67 bits per heavy atom. The van der Waals surface area contributed by atoms with E-state index in [1.165, 1.54) is 16.3 Å². The van der Waals surface area contributed by atoms with Gasteiger partial charge in [0.15, 0.2) is 0 Å². The zero-order valence-corrected chi connectivity index (χ0v) is 12.5. The number of hydrogen-bond acceptors (Lipinski definition) is 3. The summed E-state index contributed by atoms with van der Waals surface area (Å²) < 4.78 is 0. The van der Waals surface area contributed by atoms with Gasteiger partial charge in [-0.15, -0.1) is 11.3 Å². The van der Waals surface area contributed by atoms with Crippen molar-refractivity contribution in [2.75, 3.05) is 19.0 Å². The van der Waals surface area contributed by atoms with Crippen molar-refractivity contribution in [2.24, 2.45) is 0 Å². The van der Waals surface area contributed by atoms with Gasteiger partial charge in [-0.05, 0) is 12.1 Å². The van der Waals surface area contributed by atoms with Crippen molar-refractivity contribution < 1.29 is 0 Å². The molecule has 2 aromatic rings. The van der Waals surface area contributed by atoms with Crippen molar-refractivity contribution in [2.45, 2.75) is 26.2 Å². The number of nitrogens with zero attached hydrogens (tertiary/aromatic N) is 2. The van der Waals surface area contributed by atoms with Crippen LogP contribution < -0.4 is 4.90 Å². The predicted octanol–water partition coefficient (Wildman–Crippen LogP) is 4.17. The van der Waals surface area contributed by atoms with Gasteiger partial charge in [-0.3, -0.25) is 0 Å². The van der Waals surface area contributed by atoms with E-state index in [2.05, 4.69) is 69.4 Å². The molecular formula is C15H20N2S. The average molecular weight is 260 g/mol. The fourth-order valence-electron chi connectivity index (χ4n) is 1.68. The molecule has 0 saturated carbocycles. The van der Waals surface area contributed by atoms with E-state index in [-0.39, 0.29) is 5.41 Å². The third-order valence-electron chi connectivity index (χ3n) is 2.83. The summed E-state index contributed by atoms with van der Waals surface area (Å²) in [7, 11) is 4.10. The van der Waals surface area contributed by atoms with Crippen molar-refractivity contribution in [1.82, 2.24) is 4.98 Å². The largest absolute Gasteiger partial charge is 0.378 e. The standard InChI is InChI=1S/C15H20N2S/c1-15(2,3)14-16-13(10-18-14)11-6-8-12(9-7-11)17(4)5/h6-10H,1-5H3. The summed E-state index contributed by atoms with van der Waals surface area (Å²) in [5, 5.41) is 3.33. The van der Waals surface area contributed by atoms with E-state index in [0.29, 0.717) is 0 Å². The fraction of sp³-hybridized carbons (Fsp3) is 0.400. The van der Waals surface area contributed by atoms with Gasteiger partial charge in [-0.2, -0.15) is 0 Å². The maximum atomic E-state index is 4.73. The topological polar surface area (TPSA) is 16.1 Å². The Morgan fingerprint density at radius 3 is 2.11 bits per heavy atom. The minimum absolute atomic E-state index is 0.131. The summed E-state index contributed by atoms with van der Waals surface area (Å²) >= 11 is 1.74. The normalized spacial score (nSPS) is 11.6. The highest BCUT2D eigenvalue weighted by atomic mass is 32.1. The van der Waals surface area contributed by atoms with E-state index in [1.54, 1.807) is 11.3 Å². The molecule has 0 unspecified atom stereocenters. The van der Waals surface area contributed by atoms with Crippen LogP contribution in [-0.4, -0.2) is 19.1 Å². The highest BCUT2D eigenvalue weighted by Gasteiger charge is 2.18. The molecule has 96 valence electrons. The van der Waals surface area contributed by atoms with Crippen LogP contribution >= 0.6 is 11.3 Å². The molecule has 1 heterocycles. The summed E-state index contributed by atoms with van der Waals surface area (Å²) in [5.41, 5.74) is 3.61. The van der Waals surface area contributed by atoms with Crippen LogP contribution in [0.4, 0.5) is 5.69 Å². The molecule has 0 bridgehead atoms. The van der Waals surface area contributed by atoms with E-state index >= 15 is 0 Å². The second-order valence-electron chi connectivity index (χ2n) is 5.73. The van der Waals surface area contributed by atoms with Crippen LogP contribution in [0, 0.1) is 0 Å². The van der Waals surface area contributed by atoms with Gasteiger partial charge in [0.2, 0.25) is 0 Å². The molecule has 0 amide bonds. The van der Waals surface area contributed by atoms with Gasteiger partial charge in [0.25, 0.3) is 0 Å². The van der Waals surface area contributed by atoms with Crippen LogP contribution in [0.1, 0.15) is 25.8 Å². The van der Waals surface area contributed by atoms with Gasteiger partial charge in [0, 0.05) is 36.1 Å². The Hall–Kier alpha value is -1.35. The van der Waals surface area contributed by atoms with Crippen LogP contribution in [0.2, 0.25) is 0 Å². The maximum absolute atomic E-state index is 4.73. The smallest absolute Gasteiger partial charge is 0.0986 e. The van der Waals surface area contributed by atoms with Gasteiger partial charge in [0.1, 0.15) is 0 Å². The molecule has 18 heavy (non-hydrogen) atoms. The summed E-state index contributed by atoms with van der Waals surface area (Å²) in [4.78, 5) is 6.83. The first-order valence-electron chi connectivity index (χ1n) is 6.12. The molecule has 1 aromatic carbocycles. The summed E-state index contributed by atoms with van der Waals surface area (Å²) in [6.45, 7) is 6.60. The van der Waals surface area contributed by atoms with Crippen molar-refractivity contribution in [3.05, 3.63) is 34.7 Å². The first-order valence-corrected chi connectivity index (χ1v) is 6.99. The van der Waals surface area contributed by atoms with Crippen LogP contribution in [0.15, 0.2) is 29.6 Å². The molecule has 0 radical (unpaired) electrons. The molecule has 0 aliphatic rings. The van der Waals surface area contributed by atoms with Crippen LogP contribution in [0.3, 0.4) is 0 Å². The van der Waals surface area contributed by atoms with Gasteiger partial charge in [-0.1, -0.05) is 32.9 Å². The lowest BCUT2D eigenvalue weighted by atomic mass is 9.98. The number of hydrogen-bond donors (Lipinski definition) is 0. The summed E-state index contributed by atoms with van der Waals surface area (Å²) in [6.07, 6.45) is 0. The van der Waals surface area contributed by atoms with Gasteiger partial charge >= 0.3 is 0 Å². The zero-order chi connectivity index (χ0) is 13.3. The molecule has 0 saturated heterocycles. The SMILES string of the molecule is CN(C)c1ccc(-c2csc(C(C)(C)C)n2)cc1. The molecule has 0 N–H and O–H groups in total.